The lowest BCUT2D eigenvalue weighted by Gasteiger charge is -2.34. The molecular formula is C24H28N4O4. The van der Waals surface area contributed by atoms with Crippen LogP contribution in [0, 0.1) is 0 Å². The Morgan fingerprint density at radius 3 is 2.62 bits per heavy atom. The number of benzene rings is 2. The molecule has 0 aromatic heterocycles. The summed E-state index contributed by atoms with van der Waals surface area (Å²) in [6.45, 7) is 5.69. The van der Waals surface area contributed by atoms with Crippen molar-refractivity contribution in [2.45, 2.75) is 19.4 Å². The minimum absolute atomic E-state index is 0.0336. The summed E-state index contributed by atoms with van der Waals surface area (Å²) < 4.78 is 5.31. The highest BCUT2D eigenvalue weighted by atomic mass is 16.5. The van der Waals surface area contributed by atoms with Gasteiger partial charge in [0.1, 0.15) is 0 Å². The van der Waals surface area contributed by atoms with Crippen LogP contribution in [0.1, 0.15) is 40.0 Å². The summed E-state index contributed by atoms with van der Waals surface area (Å²) in [5, 5.41) is 18.5. The van der Waals surface area contributed by atoms with E-state index in [-0.39, 0.29) is 18.5 Å². The van der Waals surface area contributed by atoms with Crippen molar-refractivity contribution >= 4 is 23.8 Å². The monoisotopic (exact) mass is 436 g/mol. The van der Waals surface area contributed by atoms with Gasteiger partial charge < -0.3 is 15.2 Å². The molecule has 2 N–H and O–H groups in total. The first-order valence-corrected chi connectivity index (χ1v) is 10.9. The number of carboxylic acids is 1. The summed E-state index contributed by atoms with van der Waals surface area (Å²) >= 11 is 0. The van der Waals surface area contributed by atoms with Crippen LogP contribution < -0.4 is 5.32 Å². The van der Waals surface area contributed by atoms with Crippen molar-refractivity contribution in [2.75, 3.05) is 44.7 Å². The van der Waals surface area contributed by atoms with Gasteiger partial charge in [-0.1, -0.05) is 18.2 Å². The highest BCUT2D eigenvalue weighted by molar-refractivity contribution is 6.04. The Labute approximate surface area is 187 Å². The first-order valence-electron chi connectivity index (χ1n) is 10.9. The molecule has 0 spiro atoms. The van der Waals surface area contributed by atoms with Crippen LogP contribution in [0.4, 0.5) is 5.69 Å². The number of fused-ring (bicyclic) bond motifs is 1. The third-order valence-electron chi connectivity index (χ3n) is 5.94. The second-order valence-electron chi connectivity index (χ2n) is 8.09. The summed E-state index contributed by atoms with van der Waals surface area (Å²) in [7, 11) is 0. The minimum Gasteiger partial charge on any atom is -0.480 e. The molecule has 1 saturated heterocycles. The number of nitrogens with zero attached hydrogens (tertiary/aromatic N) is 3. The molecule has 1 amide bonds. The molecule has 0 radical (unpaired) electrons. The number of hydrogen-bond acceptors (Lipinski definition) is 6. The molecule has 8 heteroatoms. The van der Waals surface area contributed by atoms with Gasteiger partial charge in [-0.3, -0.25) is 19.5 Å². The van der Waals surface area contributed by atoms with Gasteiger partial charge in [0, 0.05) is 23.8 Å². The standard InChI is InChI=1S/C24H28N4O4/c1-17-22-7-6-21(14-20(22)8-9-27(17)16-23(29)30)26-24(31)19-4-2-18(3-5-19)15-25-28-10-12-32-13-11-28/h2-7,14-15,17H,8-13,16H2,1H3,(H,26,31)(H,29,30). The van der Waals surface area contributed by atoms with Gasteiger partial charge in [0.25, 0.3) is 5.91 Å². The molecular weight excluding hydrogens is 408 g/mol. The van der Waals surface area contributed by atoms with Crippen LogP contribution in [0.2, 0.25) is 0 Å². The minimum atomic E-state index is -0.817. The van der Waals surface area contributed by atoms with E-state index >= 15 is 0 Å². The molecule has 1 fully saturated rings. The van der Waals surface area contributed by atoms with Crippen molar-refractivity contribution in [3.63, 3.8) is 0 Å². The Bertz CT molecular complexity index is 1000. The molecule has 1 unspecified atom stereocenters. The average molecular weight is 437 g/mol. The maximum absolute atomic E-state index is 12.7. The zero-order chi connectivity index (χ0) is 22.5. The van der Waals surface area contributed by atoms with E-state index in [0.29, 0.717) is 25.3 Å². The molecule has 2 aromatic carbocycles. The topological polar surface area (TPSA) is 94.5 Å². The molecule has 1 atom stereocenters. The maximum atomic E-state index is 12.7. The maximum Gasteiger partial charge on any atom is 0.317 e. The fourth-order valence-corrected chi connectivity index (χ4v) is 4.09. The average Bonchev–Trinajstić information content (AvgIpc) is 2.80. The van der Waals surface area contributed by atoms with Crippen molar-refractivity contribution in [3.8, 4) is 0 Å². The highest BCUT2D eigenvalue weighted by Crippen LogP contribution is 2.31. The van der Waals surface area contributed by atoms with Crippen molar-refractivity contribution < 1.29 is 19.4 Å². The van der Waals surface area contributed by atoms with Crippen molar-refractivity contribution in [1.82, 2.24) is 9.91 Å². The lowest BCUT2D eigenvalue weighted by atomic mass is 9.93. The summed E-state index contributed by atoms with van der Waals surface area (Å²) in [5.41, 5.74) is 4.51. The van der Waals surface area contributed by atoms with Crippen molar-refractivity contribution in [1.29, 1.82) is 0 Å². The number of hydrogen-bond donors (Lipinski definition) is 2. The van der Waals surface area contributed by atoms with Gasteiger partial charge in [0.15, 0.2) is 0 Å². The molecule has 2 aromatic rings. The first-order chi connectivity index (χ1) is 15.5. The summed E-state index contributed by atoms with van der Waals surface area (Å²) in [6.07, 6.45) is 2.55. The smallest absolute Gasteiger partial charge is 0.317 e. The Balaban J connectivity index is 1.38. The molecule has 0 saturated carbocycles. The van der Waals surface area contributed by atoms with Crippen LogP contribution in [0.15, 0.2) is 47.6 Å². The fourth-order valence-electron chi connectivity index (χ4n) is 4.09. The molecule has 168 valence electrons. The van der Waals surface area contributed by atoms with Gasteiger partial charge in [-0.2, -0.15) is 5.10 Å². The van der Waals surface area contributed by atoms with E-state index in [2.05, 4.69) is 10.4 Å². The SMILES string of the molecule is CC1c2ccc(NC(=O)c3ccc(C=NN4CCOCC4)cc3)cc2CCN1CC(=O)O. The molecule has 0 bridgehead atoms. The number of ether oxygens (including phenoxy) is 1. The van der Waals surface area contributed by atoms with Gasteiger partial charge >= 0.3 is 5.97 Å². The van der Waals surface area contributed by atoms with Gasteiger partial charge in [-0.05, 0) is 54.3 Å². The van der Waals surface area contributed by atoms with E-state index in [1.165, 1.54) is 0 Å². The molecule has 4 rings (SSSR count). The molecule has 8 nitrogen and oxygen atoms in total. The number of rotatable bonds is 6. The van der Waals surface area contributed by atoms with E-state index in [1.807, 2.05) is 47.2 Å². The first kappa shape index (κ1) is 22.0. The third kappa shape index (κ3) is 5.33. The Morgan fingerprint density at radius 2 is 1.91 bits per heavy atom. The van der Waals surface area contributed by atoms with Gasteiger partial charge in [-0.15, -0.1) is 0 Å². The number of hydrazone groups is 1. The molecule has 2 aliphatic heterocycles. The second kappa shape index (κ2) is 9.93. The number of aliphatic carboxylic acids is 1. The Morgan fingerprint density at radius 1 is 1.16 bits per heavy atom. The zero-order valence-corrected chi connectivity index (χ0v) is 18.2. The lowest BCUT2D eigenvalue weighted by molar-refractivity contribution is -0.139. The van der Waals surface area contributed by atoms with E-state index in [4.69, 9.17) is 9.84 Å². The number of carboxylic acid groups (broad SMARTS) is 1. The van der Waals surface area contributed by atoms with Crippen LogP contribution >= 0.6 is 0 Å². The van der Waals surface area contributed by atoms with Crippen LogP contribution in [0.25, 0.3) is 0 Å². The molecule has 2 aliphatic rings. The molecule has 0 aliphatic carbocycles. The lowest BCUT2D eigenvalue weighted by Crippen LogP contribution is -2.37. The normalized spacial score (nSPS) is 19.0. The van der Waals surface area contributed by atoms with Crippen molar-refractivity contribution in [2.24, 2.45) is 5.10 Å². The summed E-state index contributed by atoms with van der Waals surface area (Å²) in [5.74, 6) is -0.986. The van der Waals surface area contributed by atoms with Crippen LogP contribution in [0.5, 0.6) is 0 Å². The fraction of sp³-hybridized carbons (Fsp3) is 0.375. The number of nitrogens with one attached hydrogen (secondary N) is 1. The number of morpholine rings is 1. The van der Waals surface area contributed by atoms with Crippen LogP contribution in [0.3, 0.4) is 0 Å². The van der Waals surface area contributed by atoms with Crippen LogP contribution in [-0.4, -0.2) is 72.5 Å². The number of amides is 1. The van der Waals surface area contributed by atoms with E-state index < -0.39 is 5.97 Å². The third-order valence-corrected chi connectivity index (χ3v) is 5.94. The van der Waals surface area contributed by atoms with Crippen LogP contribution in [-0.2, 0) is 16.0 Å². The second-order valence-corrected chi connectivity index (χ2v) is 8.09. The predicted molar refractivity (Wildman–Crippen MR) is 122 cm³/mol. The molecule has 2 heterocycles. The quantitative estimate of drug-likeness (QED) is 0.676. The predicted octanol–water partition coefficient (Wildman–Crippen LogP) is 2.61. The van der Waals surface area contributed by atoms with E-state index in [1.54, 1.807) is 18.3 Å². The van der Waals surface area contributed by atoms with E-state index in [0.717, 1.165) is 41.9 Å². The van der Waals surface area contributed by atoms with Gasteiger partial charge in [-0.25, -0.2) is 0 Å². The van der Waals surface area contributed by atoms with Gasteiger partial charge in [0.2, 0.25) is 0 Å². The Kier molecular flexibility index (Phi) is 6.82. The number of carbonyl (C=O) groups excluding carboxylic acids is 1. The number of anilines is 1. The largest absolute Gasteiger partial charge is 0.480 e. The Hall–Kier alpha value is -3.23. The van der Waals surface area contributed by atoms with Gasteiger partial charge in [0.05, 0.1) is 39.1 Å². The highest BCUT2D eigenvalue weighted by Gasteiger charge is 2.25. The summed E-state index contributed by atoms with van der Waals surface area (Å²) in [4.78, 5) is 25.7. The summed E-state index contributed by atoms with van der Waals surface area (Å²) in [6, 6.07) is 13.2. The van der Waals surface area contributed by atoms with E-state index in [9.17, 15) is 9.59 Å². The molecule has 32 heavy (non-hydrogen) atoms. The number of carbonyl (C=O) groups is 2. The van der Waals surface area contributed by atoms with Crippen molar-refractivity contribution in [3.05, 3.63) is 64.7 Å². The zero-order valence-electron chi connectivity index (χ0n) is 18.2.